The summed E-state index contributed by atoms with van der Waals surface area (Å²) in [5.74, 6) is 0. The molecule has 1 N–H and O–H groups in total. The van der Waals surface area contributed by atoms with Crippen molar-refractivity contribution < 1.29 is 10.0 Å². The summed E-state index contributed by atoms with van der Waals surface area (Å²) >= 11 is 1.72. The molecule has 0 saturated heterocycles. The van der Waals surface area contributed by atoms with Crippen LogP contribution in [-0.4, -0.2) is 10.0 Å². The minimum absolute atomic E-state index is 0.0422. The fourth-order valence-corrected chi connectivity index (χ4v) is 1.38. The van der Waals surface area contributed by atoms with Crippen LogP contribution in [0.3, 0.4) is 0 Å². The van der Waals surface area contributed by atoms with Crippen LogP contribution >= 0.6 is 22.6 Å². The first-order valence-corrected chi connectivity index (χ1v) is 4.43. The number of rotatable bonds is 2. The molecule has 0 aliphatic rings. The first kappa shape index (κ1) is 9.40. The maximum Gasteiger partial charge on any atom is 0.276 e. The van der Waals surface area contributed by atoms with Crippen LogP contribution in [0.5, 0.6) is 0 Å². The van der Waals surface area contributed by atoms with Crippen molar-refractivity contribution in [3.05, 3.63) is 39.9 Å². The monoisotopic (exact) mass is 279 g/mol. The Morgan fingerprint density at radius 3 is 2.50 bits per heavy atom. The highest BCUT2D eigenvalue weighted by Crippen LogP contribution is 2.28. The number of aliphatic hydroxyl groups is 1. The van der Waals surface area contributed by atoms with E-state index in [1.54, 1.807) is 34.7 Å². The van der Waals surface area contributed by atoms with Crippen molar-refractivity contribution in [2.24, 2.45) is 0 Å². The second kappa shape index (κ2) is 3.81. The minimum atomic E-state index is -0.829. The van der Waals surface area contributed by atoms with Gasteiger partial charge in [-0.25, -0.2) is 0 Å². The number of nitrogens with zero attached hydrogens (tertiary/aromatic N) is 1. The number of nitro groups is 1. The molecule has 0 aliphatic heterocycles. The summed E-state index contributed by atoms with van der Waals surface area (Å²) in [6.07, 6.45) is 0. The molecule has 0 aromatic heterocycles. The lowest BCUT2D eigenvalue weighted by Crippen LogP contribution is -1.96. The number of para-hydroxylation sites is 1. The van der Waals surface area contributed by atoms with Crippen molar-refractivity contribution in [3.63, 3.8) is 0 Å². The zero-order valence-electron chi connectivity index (χ0n) is 5.98. The Hall–Kier alpha value is -0.690. The summed E-state index contributed by atoms with van der Waals surface area (Å²) < 4.78 is -0.829. The van der Waals surface area contributed by atoms with E-state index < -0.39 is 9.03 Å². The number of nitro benzene ring substituents is 1. The molecule has 64 valence electrons. The van der Waals surface area contributed by atoms with Gasteiger partial charge in [0.25, 0.3) is 5.69 Å². The highest BCUT2D eigenvalue weighted by Gasteiger charge is 2.16. The van der Waals surface area contributed by atoms with Gasteiger partial charge in [-0.2, -0.15) is 0 Å². The van der Waals surface area contributed by atoms with Gasteiger partial charge in [-0.3, -0.25) is 10.1 Å². The average Bonchev–Trinajstić information content (AvgIpc) is 2.04. The van der Waals surface area contributed by atoms with E-state index in [9.17, 15) is 10.1 Å². The van der Waals surface area contributed by atoms with Crippen molar-refractivity contribution in [3.8, 4) is 0 Å². The van der Waals surface area contributed by atoms with Crippen LogP contribution in [-0.2, 0) is 0 Å². The molecule has 12 heavy (non-hydrogen) atoms. The van der Waals surface area contributed by atoms with E-state index in [1.807, 2.05) is 0 Å². The van der Waals surface area contributed by atoms with E-state index in [2.05, 4.69) is 0 Å². The predicted octanol–water partition coefficient (Wildman–Crippen LogP) is 2.02. The van der Waals surface area contributed by atoms with Crippen LogP contribution in [0.2, 0.25) is 0 Å². The average molecular weight is 279 g/mol. The standard InChI is InChI=1S/C7H6INO3/c8-7(10)5-3-1-2-4-6(5)9(11)12/h1-4,7,10H. The number of halogens is 1. The van der Waals surface area contributed by atoms with Gasteiger partial charge in [0.15, 0.2) is 0 Å². The summed E-state index contributed by atoms with van der Waals surface area (Å²) in [5.41, 5.74) is 0.294. The summed E-state index contributed by atoms with van der Waals surface area (Å²) in [4.78, 5) is 9.91. The first-order valence-electron chi connectivity index (χ1n) is 3.18. The molecule has 1 aromatic carbocycles. The molecular weight excluding hydrogens is 273 g/mol. The van der Waals surface area contributed by atoms with Crippen LogP contribution in [0.1, 0.15) is 9.67 Å². The lowest BCUT2D eigenvalue weighted by Gasteiger charge is -2.02. The SMILES string of the molecule is O=[N+]([O-])c1ccccc1C(O)I. The highest BCUT2D eigenvalue weighted by atomic mass is 127. The van der Waals surface area contributed by atoms with Crippen LogP contribution < -0.4 is 0 Å². The largest absolute Gasteiger partial charge is 0.378 e. The van der Waals surface area contributed by atoms with Gasteiger partial charge >= 0.3 is 0 Å². The van der Waals surface area contributed by atoms with Gasteiger partial charge < -0.3 is 5.11 Å². The number of hydrogen-bond donors (Lipinski definition) is 1. The van der Waals surface area contributed by atoms with Gasteiger partial charge in [0, 0.05) is 6.07 Å². The van der Waals surface area contributed by atoms with Gasteiger partial charge in [0.2, 0.25) is 0 Å². The van der Waals surface area contributed by atoms with Crippen LogP contribution in [0.25, 0.3) is 0 Å². The van der Waals surface area contributed by atoms with Gasteiger partial charge in [-0.1, -0.05) is 12.1 Å². The van der Waals surface area contributed by atoms with E-state index >= 15 is 0 Å². The van der Waals surface area contributed by atoms with E-state index in [-0.39, 0.29) is 5.69 Å². The predicted molar refractivity (Wildman–Crippen MR) is 52.1 cm³/mol. The molecule has 0 aliphatic carbocycles. The molecule has 0 fully saturated rings. The zero-order chi connectivity index (χ0) is 9.14. The summed E-state index contributed by atoms with van der Waals surface area (Å²) in [5, 5.41) is 19.6. The molecule has 0 bridgehead atoms. The maximum absolute atomic E-state index is 10.4. The van der Waals surface area contributed by atoms with Crippen LogP contribution in [0.15, 0.2) is 24.3 Å². The molecule has 5 heteroatoms. The second-order valence-corrected chi connectivity index (χ2v) is 3.33. The maximum atomic E-state index is 10.4. The van der Waals surface area contributed by atoms with Crippen LogP contribution in [0.4, 0.5) is 5.69 Å². The summed E-state index contributed by atoms with van der Waals surface area (Å²) in [7, 11) is 0. The van der Waals surface area contributed by atoms with Gasteiger partial charge in [0.1, 0.15) is 4.11 Å². The molecular formula is C7H6INO3. The number of benzene rings is 1. The Labute approximate surface area is 82.5 Å². The Balaban J connectivity index is 3.17. The van der Waals surface area contributed by atoms with Crippen molar-refractivity contribution in [1.82, 2.24) is 0 Å². The van der Waals surface area contributed by atoms with Crippen LogP contribution in [0, 0.1) is 10.1 Å². The molecule has 1 rings (SSSR count). The third kappa shape index (κ3) is 1.92. The third-order valence-electron chi connectivity index (χ3n) is 1.39. The lowest BCUT2D eigenvalue weighted by molar-refractivity contribution is -0.385. The molecule has 1 aromatic rings. The van der Waals surface area contributed by atoms with Crippen molar-refractivity contribution >= 4 is 28.3 Å². The Kier molecular flexibility index (Phi) is 2.99. The van der Waals surface area contributed by atoms with E-state index in [4.69, 9.17) is 5.11 Å². The fourth-order valence-electron chi connectivity index (χ4n) is 0.855. The van der Waals surface area contributed by atoms with Gasteiger partial charge in [-0.05, 0) is 28.7 Å². The van der Waals surface area contributed by atoms with E-state index in [1.165, 1.54) is 12.1 Å². The highest BCUT2D eigenvalue weighted by molar-refractivity contribution is 14.1. The van der Waals surface area contributed by atoms with Gasteiger partial charge in [0.05, 0.1) is 10.5 Å². The molecule has 4 nitrogen and oxygen atoms in total. The Bertz CT molecular complexity index is 300. The topological polar surface area (TPSA) is 63.4 Å². The van der Waals surface area contributed by atoms with Crippen molar-refractivity contribution in [2.45, 2.75) is 4.11 Å². The molecule has 0 saturated carbocycles. The normalized spacial score (nSPS) is 12.5. The molecule has 1 atom stereocenters. The summed E-state index contributed by atoms with van der Waals surface area (Å²) in [6.45, 7) is 0. The number of hydrogen-bond acceptors (Lipinski definition) is 3. The van der Waals surface area contributed by atoms with Crippen molar-refractivity contribution in [2.75, 3.05) is 0 Å². The smallest absolute Gasteiger partial charge is 0.276 e. The third-order valence-corrected chi connectivity index (χ3v) is 2.06. The molecule has 1 unspecified atom stereocenters. The Morgan fingerprint density at radius 2 is 2.08 bits per heavy atom. The minimum Gasteiger partial charge on any atom is -0.378 e. The lowest BCUT2D eigenvalue weighted by atomic mass is 10.2. The summed E-state index contributed by atoms with van der Waals surface area (Å²) in [6, 6.07) is 6.14. The quantitative estimate of drug-likeness (QED) is 0.390. The number of aliphatic hydroxyl groups excluding tert-OH is 1. The van der Waals surface area contributed by atoms with Gasteiger partial charge in [-0.15, -0.1) is 0 Å². The van der Waals surface area contributed by atoms with E-state index in [0.717, 1.165) is 0 Å². The second-order valence-electron chi connectivity index (χ2n) is 2.15. The molecule has 0 radical (unpaired) electrons. The van der Waals surface area contributed by atoms with E-state index in [0.29, 0.717) is 5.56 Å². The Morgan fingerprint density at radius 1 is 1.50 bits per heavy atom. The van der Waals surface area contributed by atoms with Crippen molar-refractivity contribution in [1.29, 1.82) is 0 Å². The molecule has 0 amide bonds. The fraction of sp³-hybridized carbons (Fsp3) is 0.143. The molecule has 0 spiro atoms. The first-order chi connectivity index (χ1) is 5.63. The number of alkyl halides is 1. The zero-order valence-corrected chi connectivity index (χ0v) is 8.13. The molecule has 0 heterocycles.